The molecule has 1 aliphatic carbocycles. The summed E-state index contributed by atoms with van der Waals surface area (Å²) in [5.74, 6) is 0.567. The molecule has 2 unspecified atom stereocenters. The molecule has 0 heterocycles. The Morgan fingerprint density at radius 1 is 1.67 bits per heavy atom. The lowest BCUT2D eigenvalue weighted by Crippen LogP contribution is -2.28. The first kappa shape index (κ1) is 9.75. The maximum Gasteiger partial charge on any atom is 0.0809 e. The Kier molecular flexibility index (Phi) is 3.76. The highest BCUT2D eigenvalue weighted by atomic mass is 16.5. The van der Waals surface area contributed by atoms with E-state index in [2.05, 4.69) is 13.5 Å². The Bertz CT molecular complexity index is 154. The first-order valence-corrected chi connectivity index (χ1v) is 4.66. The summed E-state index contributed by atoms with van der Waals surface area (Å²) >= 11 is 0. The topological polar surface area (TPSA) is 29.5 Å². The van der Waals surface area contributed by atoms with Crippen molar-refractivity contribution in [2.45, 2.75) is 32.3 Å². The molecule has 1 N–H and O–H groups in total. The molecule has 1 aliphatic rings. The molecule has 2 atom stereocenters. The molecule has 1 saturated carbocycles. The summed E-state index contributed by atoms with van der Waals surface area (Å²) < 4.78 is 5.51. The Labute approximate surface area is 74.2 Å². The van der Waals surface area contributed by atoms with E-state index >= 15 is 0 Å². The number of aliphatic hydroxyl groups is 1. The maximum atomic E-state index is 8.61. The minimum atomic E-state index is 0.108. The summed E-state index contributed by atoms with van der Waals surface area (Å²) in [6.07, 6.45) is 3.72. The Morgan fingerprint density at radius 3 is 3.00 bits per heavy atom. The van der Waals surface area contributed by atoms with Gasteiger partial charge >= 0.3 is 0 Å². The third-order valence-electron chi connectivity index (χ3n) is 2.47. The molecule has 0 aliphatic heterocycles. The van der Waals surface area contributed by atoms with E-state index in [-0.39, 0.29) is 12.7 Å². The van der Waals surface area contributed by atoms with E-state index in [0.717, 1.165) is 6.42 Å². The molecule has 0 aromatic heterocycles. The molecule has 0 bridgehead atoms. The smallest absolute Gasteiger partial charge is 0.0809 e. The van der Waals surface area contributed by atoms with Gasteiger partial charge in [-0.1, -0.05) is 13.5 Å². The van der Waals surface area contributed by atoms with Crippen LogP contribution in [0.3, 0.4) is 0 Å². The number of hydrogen-bond donors (Lipinski definition) is 1. The molecule has 2 nitrogen and oxygen atoms in total. The van der Waals surface area contributed by atoms with Crippen LogP contribution in [0.5, 0.6) is 0 Å². The van der Waals surface area contributed by atoms with Crippen molar-refractivity contribution in [1.29, 1.82) is 0 Å². The van der Waals surface area contributed by atoms with Gasteiger partial charge in [-0.3, -0.25) is 0 Å². The lowest BCUT2D eigenvalue weighted by molar-refractivity contribution is 0.00910. The number of ether oxygens (including phenoxy) is 1. The van der Waals surface area contributed by atoms with E-state index < -0.39 is 0 Å². The quantitative estimate of drug-likeness (QED) is 0.654. The Hall–Kier alpha value is -0.340. The van der Waals surface area contributed by atoms with E-state index in [9.17, 15) is 0 Å². The van der Waals surface area contributed by atoms with Crippen LogP contribution in [0.1, 0.15) is 26.2 Å². The zero-order chi connectivity index (χ0) is 8.97. The maximum absolute atomic E-state index is 8.61. The van der Waals surface area contributed by atoms with E-state index in [1.54, 1.807) is 0 Å². The SMILES string of the molecule is C=C1CCCC(C)C1OCCO. The molecular formula is C10H18O2. The van der Waals surface area contributed by atoms with Gasteiger partial charge in [0.05, 0.1) is 19.3 Å². The zero-order valence-electron chi connectivity index (χ0n) is 7.75. The second-order valence-corrected chi connectivity index (χ2v) is 3.54. The summed E-state index contributed by atoms with van der Waals surface area (Å²) in [7, 11) is 0. The highest BCUT2D eigenvalue weighted by molar-refractivity contribution is 5.07. The highest BCUT2D eigenvalue weighted by Gasteiger charge is 2.24. The van der Waals surface area contributed by atoms with Gasteiger partial charge in [-0.25, -0.2) is 0 Å². The summed E-state index contributed by atoms with van der Waals surface area (Å²) in [6.45, 7) is 6.73. The molecule has 0 aromatic rings. The molecule has 0 spiro atoms. The van der Waals surface area contributed by atoms with Gasteiger partial charge in [0.25, 0.3) is 0 Å². The van der Waals surface area contributed by atoms with Crippen LogP contribution in [0.2, 0.25) is 0 Å². The monoisotopic (exact) mass is 170 g/mol. The van der Waals surface area contributed by atoms with Gasteiger partial charge in [-0.05, 0) is 30.8 Å². The summed E-state index contributed by atoms with van der Waals surface area (Å²) in [5.41, 5.74) is 1.20. The van der Waals surface area contributed by atoms with Crippen molar-refractivity contribution in [3.05, 3.63) is 12.2 Å². The summed E-state index contributed by atoms with van der Waals surface area (Å²) in [5, 5.41) is 8.61. The van der Waals surface area contributed by atoms with Crippen molar-refractivity contribution in [3.8, 4) is 0 Å². The van der Waals surface area contributed by atoms with E-state index in [1.807, 2.05) is 0 Å². The number of rotatable bonds is 3. The van der Waals surface area contributed by atoms with Crippen LogP contribution in [0, 0.1) is 5.92 Å². The zero-order valence-corrected chi connectivity index (χ0v) is 7.75. The predicted octanol–water partition coefficient (Wildman–Crippen LogP) is 1.74. The molecule has 70 valence electrons. The van der Waals surface area contributed by atoms with Gasteiger partial charge in [0, 0.05) is 0 Å². The molecule has 0 saturated heterocycles. The molecule has 0 amide bonds. The molecule has 12 heavy (non-hydrogen) atoms. The van der Waals surface area contributed by atoms with Crippen molar-refractivity contribution in [2.75, 3.05) is 13.2 Å². The van der Waals surface area contributed by atoms with Gasteiger partial charge in [-0.15, -0.1) is 0 Å². The van der Waals surface area contributed by atoms with Crippen LogP contribution in [0.15, 0.2) is 12.2 Å². The standard InChI is InChI=1S/C10H18O2/c1-8-4-3-5-9(2)10(8)12-7-6-11/h9-11H,1,3-7H2,2H3. The Balaban J connectivity index is 2.40. The molecule has 0 radical (unpaired) electrons. The van der Waals surface area contributed by atoms with Crippen LogP contribution in [0.4, 0.5) is 0 Å². The average Bonchev–Trinajstić information content (AvgIpc) is 2.04. The number of aliphatic hydroxyl groups excluding tert-OH is 1. The Morgan fingerprint density at radius 2 is 2.42 bits per heavy atom. The third-order valence-corrected chi connectivity index (χ3v) is 2.47. The van der Waals surface area contributed by atoms with Crippen molar-refractivity contribution < 1.29 is 9.84 Å². The lowest BCUT2D eigenvalue weighted by atomic mass is 9.85. The fourth-order valence-electron chi connectivity index (χ4n) is 1.81. The van der Waals surface area contributed by atoms with Crippen LogP contribution in [-0.4, -0.2) is 24.4 Å². The van der Waals surface area contributed by atoms with Gasteiger partial charge in [0.15, 0.2) is 0 Å². The predicted molar refractivity (Wildman–Crippen MR) is 49.0 cm³/mol. The van der Waals surface area contributed by atoms with Crippen LogP contribution in [-0.2, 0) is 4.74 Å². The first-order valence-electron chi connectivity index (χ1n) is 4.66. The van der Waals surface area contributed by atoms with Gasteiger partial charge in [0.2, 0.25) is 0 Å². The van der Waals surface area contributed by atoms with Gasteiger partial charge in [-0.2, -0.15) is 0 Å². The second-order valence-electron chi connectivity index (χ2n) is 3.54. The van der Waals surface area contributed by atoms with Crippen molar-refractivity contribution >= 4 is 0 Å². The van der Waals surface area contributed by atoms with Crippen molar-refractivity contribution in [2.24, 2.45) is 5.92 Å². The minimum absolute atomic E-state index is 0.108. The highest BCUT2D eigenvalue weighted by Crippen LogP contribution is 2.29. The van der Waals surface area contributed by atoms with Gasteiger partial charge < -0.3 is 9.84 Å². The van der Waals surface area contributed by atoms with Crippen molar-refractivity contribution in [1.82, 2.24) is 0 Å². The fourth-order valence-corrected chi connectivity index (χ4v) is 1.81. The van der Waals surface area contributed by atoms with E-state index in [1.165, 1.54) is 18.4 Å². The molecular weight excluding hydrogens is 152 g/mol. The molecule has 1 fully saturated rings. The van der Waals surface area contributed by atoms with Gasteiger partial charge in [0.1, 0.15) is 0 Å². The fraction of sp³-hybridized carbons (Fsp3) is 0.800. The van der Waals surface area contributed by atoms with E-state index in [4.69, 9.17) is 9.84 Å². The normalized spacial score (nSPS) is 30.7. The van der Waals surface area contributed by atoms with Crippen LogP contribution >= 0.6 is 0 Å². The third kappa shape index (κ3) is 2.32. The van der Waals surface area contributed by atoms with E-state index in [0.29, 0.717) is 12.5 Å². The first-order chi connectivity index (χ1) is 5.75. The van der Waals surface area contributed by atoms with Crippen molar-refractivity contribution in [3.63, 3.8) is 0 Å². The molecule has 1 rings (SSSR count). The molecule has 2 heteroatoms. The minimum Gasteiger partial charge on any atom is -0.394 e. The van der Waals surface area contributed by atoms with Crippen LogP contribution in [0.25, 0.3) is 0 Å². The summed E-state index contributed by atoms with van der Waals surface area (Å²) in [4.78, 5) is 0. The average molecular weight is 170 g/mol. The molecule has 0 aromatic carbocycles. The lowest BCUT2D eigenvalue weighted by Gasteiger charge is -2.30. The second kappa shape index (κ2) is 4.63. The number of hydrogen-bond acceptors (Lipinski definition) is 2. The van der Waals surface area contributed by atoms with Crippen LogP contribution < -0.4 is 0 Å². The summed E-state index contributed by atoms with van der Waals surface area (Å²) in [6, 6.07) is 0. The largest absolute Gasteiger partial charge is 0.394 e.